The lowest BCUT2D eigenvalue weighted by atomic mass is 9.98. The molecule has 0 fully saturated rings. The van der Waals surface area contributed by atoms with E-state index in [1.165, 1.54) is 5.80 Å². The van der Waals surface area contributed by atoms with Crippen molar-refractivity contribution in [1.29, 1.82) is 0 Å². The van der Waals surface area contributed by atoms with E-state index in [0.29, 0.717) is 5.56 Å². The molecule has 1 aliphatic rings. The number of rotatable bonds is 7. The van der Waals surface area contributed by atoms with Gasteiger partial charge >= 0.3 is 11.7 Å². The van der Waals surface area contributed by atoms with Gasteiger partial charge in [-0.05, 0) is 34.2 Å². The number of ether oxygens (including phenoxy) is 1. The number of fused-ring (bicyclic) bond motifs is 3. The van der Waals surface area contributed by atoms with E-state index in [9.17, 15) is 14.5 Å². The van der Waals surface area contributed by atoms with Gasteiger partial charge in [-0.3, -0.25) is 4.79 Å². The second kappa shape index (κ2) is 9.45. The van der Waals surface area contributed by atoms with Crippen LogP contribution in [0.25, 0.3) is 11.1 Å². The standard InChI is InChI=1S/C25H22NO5P/c26-23(24(27)28)13-16-9-11-17(12-10-16)15-32(30)25(29)31-14-22-20-7-3-1-5-18(20)19-6-2-4-8-21(19)22/h1-12,15,22-23H,13-14,26H2,(H,27,28)/t23-/m0/s1. The Labute approximate surface area is 186 Å². The van der Waals surface area contributed by atoms with E-state index in [1.54, 1.807) is 24.3 Å². The maximum absolute atomic E-state index is 12.5. The first-order valence-corrected chi connectivity index (χ1v) is 11.5. The van der Waals surface area contributed by atoms with Crippen molar-refractivity contribution < 1.29 is 24.3 Å². The summed E-state index contributed by atoms with van der Waals surface area (Å²) >= 11 is 0. The van der Waals surface area contributed by atoms with Crippen molar-refractivity contribution in [3.05, 3.63) is 95.1 Å². The first-order chi connectivity index (χ1) is 15.4. The van der Waals surface area contributed by atoms with Crippen molar-refractivity contribution >= 4 is 25.2 Å². The molecule has 0 saturated heterocycles. The average Bonchev–Trinajstić information content (AvgIpc) is 3.12. The highest BCUT2D eigenvalue weighted by Crippen LogP contribution is 2.44. The Balaban J connectivity index is 1.42. The van der Waals surface area contributed by atoms with Gasteiger partial charge < -0.3 is 20.5 Å². The van der Waals surface area contributed by atoms with Crippen LogP contribution >= 0.6 is 7.77 Å². The number of hydrogen-bond donors (Lipinski definition) is 2. The minimum Gasteiger partial charge on any atom is -0.621 e. The largest absolute Gasteiger partial charge is 0.621 e. The summed E-state index contributed by atoms with van der Waals surface area (Å²) in [5.74, 6) is 0.196. The van der Waals surface area contributed by atoms with Crippen LogP contribution in [0.5, 0.6) is 0 Å². The van der Waals surface area contributed by atoms with E-state index in [4.69, 9.17) is 15.6 Å². The third-order valence-corrected chi connectivity index (χ3v) is 6.56. The lowest BCUT2D eigenvalue weighted by Gasteiger charge is -2.12. The van der Waals surface area contributed by atoms with Crippen LogP contribution in [0.3, 0.4) is 0 Å². The van der Waals surface area contributed by atoms with Gasteiger partial charge in [-0.25, -0.2) is 0 Å². The number of carbonyl (C=O) groups is 2. The number of aliphatic carboxylic acids is 1. The molecule has 0 spiro atoms. The molecule has 0 heterocycles. The summed E-state index contributed by atoms with van der Waals surface area (Å²) in [6, 6.07) is 21.8. The number of hydrogen-bond acceptors (Lipinski definition) is 5. The molecule has 162 valence electrons. The number of carboxylic acid groups (broad SMARTS) is 1. The van der Waals surface area contributed by atoms with Crippen LogP contribution in [0.15, 0.2) is 72.8 Å². The van der Waals surface area contributed by atoms with Crippen molar-refractivity contribution in [3.8, 4) is 11.1 Å². The molecular formula is C25H22NO5P. The summed E-state index contributed by atoms with van der Waals surface area (Å²) in [7, 11) is -2.36. The van der Waals surface area contributed by atoms with E-state index >= 15 is 0 Å². The molecular weight excluding hydrogens is 425 g/mol. The van der Waals surface area contributed by atoms with E-state index in [0.717, 1.165) is 27.8 Å². The molecule has 0 saturated carbocycles. The van der Waals surface area contributed by atoms with Crippen molar-refractivity contribution in [2.75, 3.05) is 6.61 Å². The zero-order valence-corrected chi connectivity index (χ0v) is 18.1. The van der Waals surface area contributed by atoms with E-state index in [2.05, 4.69) is 12.1 Å². The van der Waals surface area contributed by atoms with Crippen LogP contribution in [0, 0.1) is 0 Å². The Morgan fingerprint density at radius 3 is 2.12 bits per heavy atom. The molecule has 4 rings (SSSR count). The zero-order valence-electron chi connectivity index (χ0n) is 17.2. The molecule has 3 N–H and O–H groups in total. The van der Waals surface area contributed by atoms with Crippen LogP contribution in [0.4, 0.5) is 4.79 Å². The van der Waals surface area contributed by atoms with Gasteiger partial charge in [0.05, 0.1) is 0 Å². The predicted molar refractivity (Wildman–Crippen MR) is 123 cm³/mol. The van der Waals surface area contributed by atoms with Gasteiger partial charge in [0.1, 0.15) is 18.4 Å². The molecule has 7 heteroatoms. The number of benzene rings is 3. The molecule has 3 aromatic carbocycles. The van der Waals surface area contributed by atoms with Crippen molar-refractivity contribution in [1.82, 2.24) is 0 Å². The van der Waals surface area contributed by atoms with Crippen molar-refractivity contribution in [3.63, 3.8) is 0 Å². The number of carboxylic acids is 1. The molecule has 32 heavy (non-hydrogen) atoms. The van der Waals surface area contributed by atoms with Gasteiger partial charge in [0.2, 0.25) is 0 Å². The van der Waals surface area contributed by atoms with Crippen LogP contribution in [0.1, 0.15) is 28.2 Å². The Kier molecular flexibility index (Phi) is 6.47. The Morgan fingerprint density at radius 1 is 1.00 bits per heavy atom. The topological polar surface area (TPSA) is 113 Å². The molecule has 0 aliphatic heterocycles. The Bertz CT molecular complexity index is 1140. The molecule has 3 aromatic rings. The van der Waals surface area contributed by atoms with Gasteiger partial charge in [-0.15, -0.1) is 0 Å². The maximum atomic E-state index is 12.5. The summed E-state index contributed by atoms with van der Waals surface area (Å²) in [6.07, 6.45) is 0.189. The third kappa shape index (κ3) is 4.63. The fourth-order valence-corrected chi connectivity index (χ4v) is 4.68. The molecule has 0 aromatic heterocycles. The van der Waals surface area contributed by atoms with Gasteiger partial charge in [0.15, 0.2) is 7.77 Å². The first kappa shape index (κ1) is 21.9. The van der Waals surface area contributed by atoms with Gasteiger partial charge in [0, 0.05) is 11.5 Å². The minimum atomic E-state index is -2.36. The average molecular weight is 447 g/mol. The third-order valence-electron chi connectivity index (χ3n) is 5.53. The summed E-state index contributed by atoms with van der Waals surface area (Å²) in [5.41, 5.74) is 10.5. The predicted octanol–water partition coefficient (Wildman–Crippen LogP) is 3.50. The fraction of sp³-hybridized carbons (Fsp3) is 0.160. The normalized spacial score (nSPS) is 13.9. The highest BCUT2D eigenvalue weighted by molar-refractivity contribution is 7.67. The monoisotopic (exact) mass is 447 g/mol. The quantitative estimate of drug-likeness (QED) is 0.536. The SMILES string of the molecule is N[C@@H](Cc1ccc(C=[P+]([O-])C(=O)OCC2c3ccccc3-c3ccccc32)cc1)C(=O)O. The summed E-state index contributed by atoms with van der Waals surface area (Å²) in [4.78, 5) is 35.7. The van der Waals surface area contributed by atoms with Gasteiger partial charge in [0.25, 0.3) is 0 Å². The highest BCUT2D eigenvalue weighted by Gasteiger charge is 2.30. The van der Waals surface area contributed by atoms with Gasteiger partial charge in [-0.1, -0.05) is 72.8 Å². The zero-order chi connectivity index (χ0) is 22.7. The summed E-state index contributed by atoms with van der Waals surface area (Å²) in [6.45, 7) is 0.119. The Hall–Kier alpha value is -3.31. The molecule has 6 nitrogen and oxygen atoms in total. The molecule has 2 atom stereocenters. The summed E-state index contributed by atoms with van der Waals surface area (Å²) in [5, 5.41) is 8.89. The van der Waals surface area contributed by atoms with Crippen LogP contribution < -0.4 is 10.6 Å². The lowest BCUT2D eigenvalue weighted by molar-refractivity contribution is -0.151. The Morgan fingerprint density at radius 2 is 1.56 bits per heavy atom. The molecule has 1 aliphatic carbocycles. The van der Waals surface area contributed by atoms with Crippen LogP contribution in [0.2, 0.25) is 0 Å². The van der Waals surface area contributed by atoms with E-state index < -0.39 is 25.5 Å². The van der Waals surface area contributed by atoms with Crippen molar-refractivity contribution in [2.24, 2.45) is 5.73 Å². The van der Waals surface area contributed by atoms with Crippen LogP contribution in [-0.4, -0.2) is 35.2 Å². The minimum absolute atomic E-state index is 0.0903. The van der Waals surface area contributed by atoms with E-state index in [-0.39, 0.29) is 18.9 Å². The molecule has 0 bridgehead atoms. The number of nitrogens with two attached hydrogens (primary N) is 1. The second-order valence-electron chi connectivity index (χ2n) is 7.65. The smallest absolute Gasteiger partial charge is 0.506 e. The van der Waals surface area contributed by atoms with Crippen LogP contribution in [-0.2, 0) is 16.0 Å². The second-order valence-corrected chi connectivity index (χ2v) is 8.92. The highest BCUT2D eigenvalue weighted by atomic mass is 31.1. The molecule has 0 radical (unpaired) electrons. The van der Waals surface area contributed by atoms with Crippen molar-refractivity contribution in [2.45, 2.75) is 18.4 Å². The lowest BCUT2D eigenvalue weighted by Crippen LogP contribution is -2.32. The van der Waals surface area contributed by atoms with E-state index in [1.807, 2.05) is 36.4 Å². The summed E-state index contributed by atoms with van der Waals surface area (Å²) < 4.78 is 5.44. The molecule has 0 amide bonds. The first-order valence-electron chi connectivity index (χ1n) is 10.2. The fourth-order valence-electron chi connectivity index (χ4n) is 3.93. The van der Waals surface area contributed by atoms with Gasteiger partial charge in [-0.2, -0.15) is 4.79 Å². The molecule has 1 unspecified atom stereocenters. The maximum Gasteiger partial charge on any atom is 0.506 e. The number of carbonyl (C=O) groups excluding carboxylic acids is 1.